The van der Waals surface area contributed by atoms with Crippen LogP contribution in [0.1, 0.15) is 25.5 Å². The summed E-state index contributed by atoms with van der Waals surface area (Å²) in [6.07, 6.45) is 0. The number of hydrogen-bond acceptors (Lipinski definition) is 3. The van der Waals surface area contributed by atoms with Crippen LogP contribution in [0, 0.1) is 5.82 Å². The van der Waals surface area contributed by atoms with Crippen molar-refractivity contribution in [3.05, 3.63) is 16.7 Å². The second-order valence-electron chi connectivity index (χ2n) is 2.73. The molecule has 1 aromatic heterocycles. The molecule has 0 aliphatic heterocycles. The molecular weight excluding hydrogens is 181 g/mol. The fourth-order valence-electron chi connectivity index (χ4n) is 0.835. The Bertz CT molecular complexity index is 301. The maximum Gasteiger partial charge on any atom is 0.221 e. The van der Waals surface area contributed by atoms with Crippen LogP contribution < -0.4 is 5.73 Å². The fourth-order valence-corrected chi connectivity index (χ4v) is 1.02. The second kappa shape index (κ2) is 3.23. The van der Waals surface area contributed by atoms with Gasteiger partial charge in [0.25, 0.3) is 0 Å². The Labute approximate surface area is 74.8 Å². The molecule has 0 bridgehead atoms. The van der Waals surface area contributed by atoms with Crippen molar-refractivity contribution in [1.82, 2.24) is 9.97 Å². The Morgan fingerprint density at radius 3 is 2.50 bits per heavy atom. The lowest BCUT2D eigenvalue weighted by atomic mass is 10.1. The molecule has 0 atom stereocenters. The highest BCUT2D eigenvalue weighted by Crippen LogP contribution is 2.21. The summed E-state index contributed by atoms with van der Waals surface area (Å²) >= 11 is 5.46. The van der Waals surface area contributed by atoms with Crippen LogP contribution in [0.15, 0.2) is 0 Å². The highest BCUT2D eigenvalue weighted by atomic mass is 35.5. The van der Waals surface area contributed by atoms with Gasteiger partial charge in [0, 0.05) is 0 Å². The quantitative estimate of drug-likeness (QED) is 0.688. The smallest absolute Gasteiger partial charge is 0.221 e. The molecule has 0 fully saturated rings. The van der Waals surface area contributed by atoms with Crippen LogP contribution in [-0.2, 0) is 0 Å². The van der Waals surface area contributed by atoms with E-state index >= 15 is 0 Å². The number of nitrogens with two attached hydrogens (primary N) is 1. The van der Waals surface area contributed by atoms with E-state index < -0.39 is 5.82 Å². The van der Waals surface area contributed by atoms with Gasteiger partial charge in [0.15, 0.2) is 11.0 Å². The van der Waals surface area contributed by atoms with Crippen LogP contribution in [0.3, 0.4) is 0 Å². The van der Waals surface area contributed by atoms with E-state index in [1.54, 1.807) is 13.8 Å². The van der Waals surface area contributed by atoms with E-state index in [1.165, 1.54) is 0 Å². The number of hydrogen-bond donors (Lipinski definition) is 1. The lowest BCUT2D eigenvalue weighted by Crippen LogP contribution is -2.05. The van der Waals surface area contributed by atoms with Crippen molar-refractivity contribution < 1.29 is 4.39 Å². The largest absolute Gasteiger partial charge is 0.368 e. The van der Waals surface area contributed by atoms with Crippen molar-refractivity contribution in [2.24, 2.45) is 0 Å². The average molecular weight is 190 g/mol. The fraction of sp³-hybridized carbons (Fsp3) is 0.429. The van der Waals surface area contributed by atoms with Gasteiger partial charge in [0.1, 0.15) is 0 Å². The minimum atomic E-state index is -0.583. The molecule has 0 saturated heterocycles. The number of aromatic nitrogens is 2. The first-order valence-corrected chi connectivity index (χ1v) is 3.88. The minimum absolute atomic E-state index is 0.00472. The molecular formula is C7H9ClFN3. The van der Waals surface area contributed by atoms with Gasteiger partial charge in [-0.3, -0.25) is 0 Å². The monoisotopic (exact) mass is 189 g/mol. The van der Waals surface area contributed by atoms with Gasteiger partial charge in [0.05, 0.1) is 5.69 Å². The Hall–Kier alpha value is -0.900. The summed E-state index contributed by atoms with van der Waals surface area (Å²) in [5, 5.41) is -0.216. The van der Waals surface area contributed by atoms with E-state index in [9.17, 15) is 4.39 Å². The van der Waals surface area contributed by atoms with E-state index in [-0.39, 0.29) is 22.7 Å². The number of halogens is 2. The number of nitrogen functional groups attached to an aromatic ring is 1. The molecule has 0 aliphatic rings. The molecule has 66 valence electrons. The van der Waals surface area contributed by atoms with Crippen LogP contribution in [0.5, 0.6) is 0 Å². The zero-order chi connectivity index (χ0) is 9.30. The molecule has 0 saturated carbocycles. The van der Waals surface area contributed by atoms with Gasteiger partial charge in [-0.2, -0.15) is 4.98 Å². The normalized spacial score (nSPS) is 10.8. The summed E-state index contributed by atoms with van der Waals surface area (Å²) in [5.41, 5.74) is 5.55. The first kappa shape index (κ1) is 9.19. The van der Waals surface area contributed by atoms with Gasteiger partial charge in [-0.25, -0.2) is 9.37 Å². The standard InChI is InChI=1S/C7H9ClFN3/c1-3(2)5-4(9)6(8)12-7(10)11-5/h3H,1-2H3,(H2,10,11,12). The van der Waals surface area contributed by atoms with Crippen molar-refractivity contribution >= 4 is 17.5 Å². The molecule has 1 aromatic rings. The van der Waals surface area contributed by atoms with E-state index in [4.69, 9.17) is 17.3 Å². The molecule has 0 aromatic carbocycles. The molecule has 3 nitrogen and oxygen atoms in total. The third-order valence-electron chi connectivity index (χ3n) is 1.40. The highest BCUT2D eigenvalue weighted by Gasteiger charge is 2.13. The molecule has 1 rings (SSSR count). The van der Waals surface area contributed by atoms with Gasteiger partial charge in [-0.1, -0.05) is 25.4 Å². The van der Waals surface area contributed by atoms with Gasteiger partial charge >= 0.3 is 0 Å². The summed E-state index contributed by atoms with van der Waals surface area (Å²) < 4.78 is 13.1. The maximum absolute atomic E-state index is 13.1. The number of rotatable bonds is 1. The molecule has 12 heavy (non-hydrogen) atoms. The summed E-state index contributed by atoms with van der Waals surface area (Å²) in [7, 11) is 0. The summed E-state index contributed by atoms with van der Waals surface area (Å²) in [6.45, 7) is 3.61. The Morgan fingerprint density at radius 1 is 1.42 bits per heavy atom. The Morgan fingerprint density at radius 2 is 2.00 bits per heavy atom. The lowest BCUT2D eigenvalue weighted by Gasteiger charge is -2.06. The van der Waals surface area contributed by atoms with Gasteiger partial charge < -0.3 is 5.73 Å². The second-order valence-corrected chi connectivity index (χ2v) is 3.08. The average Bonchev–Trinajstić information content (AvgIpc) is 1.96. The highest BCUT2D eigenvalue weighted by molar-refractivity contribution is 6.29. The van der Waals surface area contributed by atoms with E-state index in [2.05, 4.69) is 9.97 Å². The van der Waals surface area contributed by atoms with E-state index in [0.717, 1.165) is 0 Å². The summed E-state index contributed by atoms with van der Waals surface area (Å²) in [5.74, 6) is -0.626. The van der Waals surface area contributed by atoms with E-state index in [1.807, 2.05) is 0 Å². The van der Waals surface area contributed by atoms with E-state index in [0.29, 0.717) is 0 Å². The third-order valence-corrected chi connectivity index (χ3v) is 1.65. The molecule has 0 spiro atoms. The number of anilines is 1. The summed E-state index contributed by atoms with van der Waals surface area (Å²) in [6, 6.07) is 0. The Balaban J connectivity index is 3.28. The van der Waals surface area contributed by atoms with Gasteiger partial charge in [-0.05, 0) is 5.92 Å². The van der Waals surface area contributed by atoms with Crippen LogP contribution in [0.2, 0.25) is 5.15 Å². The zero-order valence-electron chi connectivity index (χ0n) is 6.81. The maximum atomic E-state index is 13.1. The van der Waals surface area contributed by atoms with Gasteiger partial charge in [-0.15, -0.1) is 0 Å². The SMILES string of the molecule is CC(C)c1nc(N)nc(Cl)c1F. The zero-order valence-corrected chi connectivity index (χ0v) is 7.56. The molecule has 2 N–H and O–H groups in total. The topological polar surface area (TPSA) is 51.8 Å². The molecule has 0 aliphatic carbocycles. The van der Waals surface area contributed by atoms with Crippen LogP contribution in [-0.4, -0.2) is 9.97 Å². The first-order valence-electron chi connectivity index (χ1n) is 3.50. The van der Waals surface area contributed by atoms with Crippen molar-refractivity contribution in [1.29, 1.82) is 0 Å². The Kier molecular flexibility index (Phi) is 2.47. The molecule has 5 heteroatoms. The lowest BCUT2D eigenvalue weighted by molar-refractivity contribution is 0.578. The van der Waals surface area contributed by atoms with Crippen LogP contribution in [0.4, 0.5) is 10.3 Å². The minimum Gasteiger partial charge on any atom is -0.368 e. The summed E-state index contributed by atoms with van der Waals surface area (Å²) in [4.78, 5) is 7.21. The molecule has 1 heterocycles. The molecule has 0 amide bonds. The van der Waals surface area contributed by atoms with Crippen molar-refractivity contribution in [2.75, 3.05) is 5.73 Å². The van der Waals surface area contributed by atoms with Crippen molar-refractivity contribution in [2.45, 2.75) is 19.8 Å². The van der Waals surface area contributed by atoms with Gasteiger partial charge in [0.2, 0.25) is 5.95 Å². The van der Waals surface area contributed by atoms with Crippen molar-refractivity contribution in [3.63, 3.8) is 0 Å². The molecule has 0 unspecified atom stereocenters. The van der Waals surface area contributed by atoms with Crippen molar-refractivity contribution in [3.8, 4) is 0 Å². The first-order chi connectivity index (χ1) is 5.52. The predicted octanol–water partition coefficient (Wildman–Crippen LogP) is 1.97. The molecule has 0 radical (unpaired) electrons. The van der Waals surface area contributed by atoms with Crippen LogP contribution >= 0.6 is 11.6 Å². The number of nitrogens with zero attached hydrogens (tertiary/aromatic N) is 2. The van der Waals surface area contributed by atoms with Crippen LogP contribution in [0.25, 0.3) is 0 Å². The predicted molar refractivity (Wildman–Crippen MR) is 45.5 cm³/mol. The third kappa shape index (κ3) is 1.64.